The molecule has 29 heavy (non-hydrogen) atoms. The van der Waals surface area contributed by atoms with Crippen LogP contribution in [0.2, 0.25) is 0 Å². The van der Waals surface area contributed by atoms with Gasteiger partial charge < -0.3 is 14.4 Å². The van der Waals surface area contributed by atoms with E-state index in [1.54, 1.807) is 0 Å². The predicted octanol–water partition coefficient (Wildman–Crippen LogP) is 2.68. The summed E-state index contributed by atoms with van der Waals surface area (Å²) in [4.78, 5) is 37.5. The Kier molecular flexibility index (Phi) is 4.79. The molecule has 4 rings (SSSR count). The molecule has 0 spiro atoms. The van der Waals surface area contributed by atoms with Gasteiger partial charge in [-0.1, -0.05) is 6.08 Å². The molecule has 0 radical (unpaired) electrons. The molecule has 1 amide bonds. The number of halogens is 1. The Balaban J connectivity index is 1.64. The summed E-state index contributed by atoms with van der Waals surface area (Å²) in [5.74, 6) is -0.631. The molecule has 1 saturated heterocycles. The van der Waals surface area contributed by atoms with E-state index in [0.29, 0.717) is 32.6 Å². The summed E-state index contributed by atoms with van der Waals surface area (Å²) >= 11 is 0. The number of rotatable bonds is 3. The fourth-order valence-electron chi connectivity index (χ4n) is 3.99. The van der Waals surface area contributed by atoms with E-state index < -0.39 is 28.1 Å². The zero-order valence-corrected chi connectivity index (χ0v) is 15.3. The van der Waals surface area contributed by atoms with Crippen LogP contribution in [-0.4, -0.2) is 58.1 Å². The van der Waals surface area contributed by atoms with Gasteiger partial charge in [0, 0.05) is 32.2 Å². The number of piperazine rings is 1. The number of non-ortho nitro benzene ring substituents is 1. The van der Waals surface area contributed by atoms with Crippen LogP contribution < -0.4 is 5.63 Å². The molecule has 2 heterocycles. The van der Waals surface area contributed by atoms with Crippen LogP contribution in [0, 0.1) is 15.9 Å². The summed E-state index contributed by atoms with van der Waals surface area (Å²) in [7, 11) is 0. The minimum atomic E-state index is -0.928. The molecule has 1 aliphatic heterocycles. The summed E-state index contributed by atoms with van der Waals surface area (Å²) in [6, 6.07) is 3.22. The lowest BCUT2D eigenvalue weighted by atomic mass is 10.1. The number of fused-ring (bicyclic) bond motifs is 1. The van der Waals surface area contributed by atoms with Crippen molar-refractivity contribution in [2.75, 3.05) is 26.2 Å². The molecular weight excluding hydrogens is 385 g/mol. The minimum absolute atomic E-state index is 0.0436. The van der Waals surface area contributed by atoms with Crippen LogP contribution in [-0.2, 0) is 0 Å². The first kappa shape index (κ1) is 19.1. The van der Waals surface area contributed by atoms with Crippen LogP contribution in [0.1, 0.15) is 18.6 Å². The lowest BCUT2D eigenvalue weighted by Gasteiger charge is -2.36. The third-order valence-electron chi connectivity index (χ3n) is 5.49. The maximum Gasteiger partial charge on any atom is 0.407 e. The van der Waals surface area contributed by atoms with E-state index in [2.05, 4.69) is 4.90 Å². The van der Waals surface area contributed by atoms with E-state index in [0.717, 1.165) is 24.1 Å². The third-order valence-corrected chi connectivity index (χ3v) is 5.49. The molecule has 1 aliphatic carbocycles. The number of carbonyl (C=O) groups is 1. The van der Waals surface area contributed by atoms with Crippen molar-refractivity contribution in [2.45, 2.75) is 18.9 Å². The Morgan fingerprint density at radius 3 is 2.59 bits per heavy atom. The Bertz CT molecular complexity index is 1090. The second kappa shape index (κ2) is 7.28. The standard InChI is InChI=1S/C19H18FN3O6/c20-12-8-15-14(16(9-12)23(27)28)10-17(29-18(15)24)11-1-2-13(7-11)21-3-5-22(6-4-21)19(25)26/h7-10,13H,1-6H2,(H,25,26). The number of hydrogen-bond donors (Lipinski definition) is 1. The number of benzene rings is 1. The molecule has 9 nitrogen and oxygen atoms in total. The number of hydrogen-bond acceptors (Lipinski definition) is 6. The van der Waals surface area contributed by atoms with Crippen LogP contribution in [0.5, 0.6) is 0 Å². The Morgan fingerprint density at radius 2 is 1.93 bits per heavy atom. The zero-order valence-electron chi connectivity index (χ0n) is 15.3. The number of allylic oxidation sites excluding steroid dienone is 1. The molecule has 0 bridgehead atoms. The van der Waals surface area contributed by atoms with Crippen LogP contribution in [0.3, 0.4) is 0 Å². The molecular formula is C19H18FN3O6. The fourth-order valence-corrected chi connectivity index (χ4v) is 3.99. The first-order chi connectivity index (χ1) is 13.8. The molecule has 1 atom stereocenters. The summed E-state index contributed by atoms with van der Waals surface area (Å²) in [6.45, 7) is 2.07. The van der Waals surface area contributed by atoms with Gasteiger partial charge in [0.05, 0.1) is 21.8 Å². The second-order valence-electron chi connectivity index (χ2n) is 7.14. The van der Waals surface area contributed by atoms with Gasteiger partial charge in [-0.05, 0) is 30.5 Å². The highest BCUT2D eigenvalue weighted by molar-refractivity contribution is 5.91. The van der Waals surface area contributed by atoms with Gasteiger partial charge in [0.2, 0.25) is 0 Å². The first-order valence-corrected chi connectivity index (χ1v) is 9.18. The number of carboxylic acid groups (broad SMARTS) is 1. The van der Waals surface area contributed by atoms with E-state index >= 15 is 0 Å². The average Bonchev–Trinajstić information content (AvgIpc) is 3.18. The molecule has 10 heteroatoms. The molecule has 1 aromatic carbocycles. The van der Waals surface area contributed by atoms with Crippen LogP contribution in [0.4, 0.5) is 14.9 Å². The lowest BCUT2D eigenvalue weighted by Crippen LogP contribution is -2.50. The van der Waals surface area contributed by atoms with E-state index in [1.165, 1.54) is 11.0 Å². The number of nitrogens with zero attached hydrogens (tertiary/aromatic N) is 3. The van der Waals surface area contributed by atoms with Crippen molar-refractivity contribution in [3.05, 3.63) is 56.4 Å². The highest BCUT2D eigenvalue weighted by atomic mass is 19.1. The minimum Gasteiger partial charge on any atom is -0.465 e. The molecule has 1 unspecified atom stereocenters. The summed E-state index contributed by atoms with van der Waals surface area (Å²) in [5, 5.41) is 20.2. The maximum atomic E-state index is 13.6. The number of amides is 1. The summed E-state index contributed by atoms with van der Waals surface area (Å²) in [5.41, 5.74) is -0.540. The molecule has 152 valence electrons. The van der Waals surface area contributed by atoms with E-state index in [9.17, 15) is 24.1 Å². The summed E-state index contributed by atoms with van der Waals surface area (Å²) < 4.78 is 19.0. The van der Waals surface area contributed by atoms with Crippen molar-refractivity contribution >= 4 is 28.1 Å². The lowest BCUT2D eigenvalue weighted by molar-refractivity contribution is -0.383. The number of nitro benzene ring substituents is 1. The maximum absolute atomic E-state index is 13.6. The van der Waals surface area contributed by atoms with Crippen molar-refractivity contribution in [3.8, 4) is 0 Å². The Labute approximate surface area is 163 Å². The molecule has 0 saturated carbocycles. The molecule has 2 aromatic rings. The molecule has 1 fully saturated rings. The SMILES string of the molecule is O=C(O)N1CCN(C2C=C(c3cc4c([N+](=O)[O-])cc(F)cc4c(=O)o3)CC2)CC1. The Morgan fingerprint density at radius 1 is 1.21 bits per heavy atom. The Hall–Kier alpha value is -3.27. The van der Waals surface area contributed by atoms with Crippen molar-refractivity contribution in [3.63, 3.8) is 0 Å². The van der Waals surface area contributed by atoms with Crippen LogP contribution in [0.15, 0.2) is 33.5 Å². The topological polar surface area (TPSA) is 117 Å². The smallest absolute Gasteiger partial charge is 0.407 e. The number of nitro groups is 1. The zero-order chi connectivity index (χ0) is 20.7. The van der Waals surface area contributed by atoms with E-state index in [-0.39, 0.29) is 22.6 Å². The molecule has 1 aromatic heterocycles. The summed E-state index contributed by atoms with van der Waals surface area (Å²) in [6.07, 6.45) is 2.42. The highest BCUT2D eigenvalue weighted by Crippen LogP contribution is 2.33. The third kappa shape index (κ3) is 3.58. The second-order valence-corrected chi connectivity index (χ2v) is 7.14. The normalized spacial score (nSPS) is 20.1. The first-order valence-electron chi connectivity index (χ1n) is 9.18. The van der Waals surface area contributed by atoms with E-state index in [4.69, 9.17) is 9.52 Å². The highest BCUT2D eigenvalue weighted by Gasteiger charge is 2.29. The van der Waals surface area contributed by atoms with Crippen molar-refractivity contribution in [1.29, 1.82) is 0 Å². The van der Waals surface area contributed by atoms with Gasteiger partial charge in [0.15, 0.2) is 0 Å². The van der Waals surface area contributed by atoms with Gasteiger partial charge in [-0.25, -0.2) is 14.0 Å². The quantitative estimate of drug-likeness (QED) is 0.618. The fraction of sp³-hybridized carbons (Fsp3) is 0.368. The van der Waals surface area contributed by atoms with E-state index in [1.807, 2.05) is 6.08 Å². The van der Waals surface area contributed by atoms with Gasteiger partial charge in [0.25, 0.3) is 5.69 Å². The largest absolute Gasteiger partial charge is 0.465 e. The van der Waals surface area contributed by atoms with Crippen molar-refractivity contribution in [2.24, 2.45) is 0 Å². The van der Waals surface area contributed by atoms with Gasteiger partial charge in [-0.15, -0.1) is 0 Å². The van der Waals surface area contributed by atoms with Crippen molar-refractivity contribution < 1.29 is 23.6 Å². The predicted molar refractivity (Wildman–Crippen MR) is 101 cm³/mol. The molecule has 2 aliphatic rings. The monoisotopic (exact) mass is 403 g/mol. The molecule has 1 N–H and O–H groups in total. The average molecular weight is 403 g/mol. The van der Waals surface area contributed by atoms with Crippen LogP contribution >= 0.6 is 0 Å². The van der Waals surface area contributed by atoms with Gasteiger partial charge in [-0.2, -0.15) is 0 Å². The van der Waals surface area contributed by atoms with Gasteiger partial charge >= 0.3 is 11.7 Å². The van der Waals surface area contributed by atoms with Crippen molar-refractivity contribution in [1.82, 2.24) is 9.80 Å². The van der Waals surface area contributed by atoms with Crippen LogP contribution in [0.25, 0.3) is 16.3 Å². The van der Waals surface area contributed by atoms with Gasteiger partial charge in [-0.3, -0.25) is 15.0 Å². The van der Waals surface area contributed by atoms with Gasteiger partial charge in [0.1, 0.15) is 11.6 Å².